The van der Waals surface area contributed by atoms with E-state index in [0.29, 0.717) is 12.0 Å². The summed E-state index contributed by atoms with van der Waals surface area (Å²) in [5.74, 6) is 0.229. The van der Waals surface area contributed by atoms with Gasteiger partial charge in [-0.15, -0.1) is 0 Å². The predicted molar refractivity (Wildman–Crippen MR) is 104 cm³/mol. The third kappa shape index (κ3) is 3.50. The second kappa shape index (κ2) is 7.73. The molecule has 1 amide bonds. The van der Waals surface area contributed by atoms with Crippen molar-refractivity contribution in [2.75, 3.05) is 0 Å². The van der Waals surface area contributed by atoms with Crippen LogP contribution >= 0.6 is 0 Å². The van der Waals surface area contributed by atoms with E-state index in [1.807, 2.05) is 38.1 Å². The van der Waals surface area contributed by atoms with Crippen LogP contribution in [-0.2, 0) is 4.79 Å². The number of aryl methyl sites for hydroxylation is 1. The van der Waals surface area contributed by atoms with Gasteiger partial charge in [0.25, 0.3) is 0 Å². The minimum atomic E-state index is -0.127. The Kier molecular flexibility index (Phi) is 5.40. The van der Waals surface area contributed by atoms with Crippen LogP contribution in [0.3, 0.4) is 0 Å². The smallest absolute Gasteiger partial charge is 0.246 e. The fourth-order valence-corrected chi connectivity index (χ4v) is 3.56. The third-order valence-electron chi connectivity index (χ3n) is 5.11. The first-order chi connectivity index (χ1) is 12.5. The Labute approximate surface area is 155 Å². The first kappa shape index (κ1) is 18.2. The van der Waals surface area contributed by atoms with Crippen molar-refractivity contribution in [1.82, 2.24) is 5.01 Å². The van der Waals surface area contributed by atoms with Crippen LogP contribution in [-0.4, -0.2) is 21.7 Å². The molecule has 2 aromatic rings. The van der Waals surface area contributed by atoms with Gasteiger partial charge in [0, 0.05) is 17.9 Å². The minimum Gasteiger partial charge on any atom is -0.507 e. The normalized spacial score (nSPS) is 16.8. The summed E-state index contributed by atoms with van der Waals surface area (Å²) in [4.78, 5) is 13.1. The molecule has 1 heterocycles. The van der Waals surface area contributed by atoms with Crippen molar-refractivity contribution in [2.45, 2.75) is 46.1 Å². The van der Waals surface area contributed by atoms with Gasteiger partial charge in [-0.2, -0.15) is 5.10 Å². The van der Waals surface area contributed by atoms with E-state index >= 15 is 0 Å². The predicted octanol–water partition coefficient (Wildman–Crippen LogP) is 4.81. The summed E-state index contributed by atoms with van der Waals surface area (Å²) in [6, 6.07) is 15.3. The summed E-state index contributed by atoms with van der Waals surface area (Å²) in [6.07, 6.45) is 2.20. The average Bonchev–Trinajstić information content (AvgIpc) is 3.08. The number of carbonyl (C=O) groups is 1. The Bertz CT molecular complexity index is 824. The van der Waals surface area contributed by atoms with E-state index in [4.69, 9.17) is 0 Å². The summed E-state index contributed by atoms with van der Waals surface area (Å²) in [7, 11) is 0. The largest absolute Gasteiger partial charge is 0.507 e. The van der Waals surface area contributed by atoms with Gasteiger partial charge in [0.2, 0.25) is 5.91 Å². The highest BCUT2D eigenvalue weighted by atomic mass is 16.3. The van der Waals surface area contributed by atoms with Crippen molar-refractivity contribution in [3.05, 3.63) is 65.2 Å². The molecule has 0 radical (unpaired) electrons. The maximum absolute atomic E-state index is 13.1. The first-order valence-electron chi connectivity index (χ1n) is 9.30. The molecule has 0 aliphatic carbocycles. The number of carbonyl (C=O) groups excluding carboxylic acids is 1. The van der Waals surface area contributed by atoms with Gasteiger partial charge >= 0.3 is 0 Å². The number of benzene rings is 2. The third-order valence-corrected chi connectivity index (χ3v) is 5.11. The van der Waals surface area contributed by atoms with E-state index in [1.165, 1.54) is 0 Å². The van der Waals surface area contributed by atoms with Crippen molar-refractivity contribution >= 4 is 11.6 Å². The van der Waals surface area contributed by atoms with Gasteiger partial charge in [-0.05, 0) is 37.5 Å². The van der Waals surface area contributed by atoms with Crippen LogP contribution in [0.5, 0.6) is 5.75 Å². The minimum absolute atomic E-state index is 0.0326. The highest BCUT2D eigenvalue weighted by Crippen LogP contribution is 2.36. The van der Waals surface area contributed by atoms with Crippen molar-refractivity contribution in [3.63, 3.8) is 0 Å². The zero-order valence-corrected chi connectivity index (χ0v) is 15.6. The number of phenolic OH excluding ortho intramolecular Hbond substituents is 1. The molecule has 0 saturated carbocycles. The van der Waals surface area contributed by atoms with Gasteiger partial charge < -0.3 is 5.11 Å². The van der Waals surface area contributed by atoms with E-state index in [2.05, 4.69) is 24.2 Å². The molecule has 0 spiro atoms. The maximum Gasteiger partial charge on any atom is 0.246 e. The molecule has 3 rings (SSSR count). The summed E-state index contributed by atoms with van der Waals surface area (Å²) in [6.45, 7) is 6.13. The maximum atomic E-state index is 13.1. The van der Waals surface area contributed by atoms with E-state index in [-0.39, 0.29) is 23.6 Å². The highest BCUT2D eigenvalue weighted by Gasteiger charge is 2.35. The average molecular weight is 350 g/mol. The lowest BCUT2D eigenvalue weighted by atomic mass is 9.95. The summed E-state index contributed by atoms with van der Waals surface area (Å²) < 4.78 is 0. The number of aromatic hydroxyl groups is 1. The van der Waals surface area contributed by atoms with Crippen molar-refractivity contribution < 1.29 is 9.90 Å². The van der Waals surface area contributed by atoms with E-state index in [0.717, 1.165) is 29.7 Å². The number of para-hydroxylation sites is 1. The SMILES string of the molecule is CCC(CC)C(=O)N1N=C(c2ccccc2O)CC1c1cccc(C)c1. The molecule has 1 unspecified atom stereocenters. The van der Waals surface area contributed by atoms with Crippen LogP contribution < -0.4 is 0 Å². The standard InChI is InChI=1S/C22H26N2O2/c1-4-16(5-2)22(26)24-20(17-10-8-9-15(3)13-17)14-19(23-24)18-11-6-7-12-21(18)25/h6-13,16,20,25H,4-5,14H2,1-3H3. The Balaban J connectivity index is 2.01. The number of hydrogen-bond donors (Lipinski definition) is 1. The monoisotopic (exact) mass is 350 g/mol. The lowest BCUT2D eigenvalue weighted by Crippen LogP contribution is -2.32. The molecular formula is C22H26N2O2. The van der Waals surface area contributed by atoms with Crippen molar-refractivity contribution in [1.29, 1.82) is 0 Å². The molecule has 4 nitrogen and oxygen atoms in total. The summed E-state index contributed by atoms with van der Waals surface area (Å²) in [5.41, 5.74) is 3.70. The number of hydrogen-bond acceptors (Lipinski definition) is 3. The Morgan fingerprint density at radius 1 is 1.19 bits per heavy atom. The molecule has 0 fully saturated rings. The molecule has 0 bridgehead atoms. The van der Waals surface area contributed by atoms with Gasteiger partial charge in [0.1, 0.15) is 5.75 Å². The van der Waals surface area contributed by atoms with E-state index in [9.17, 15) is 9.90 Å². The molecule has 1 atom stereocenters. The number of phenols is 1. The molecule has 1 N–H and O–H groups in total. The van der Waals surface area contributed by atoms with Gasteiger partial charge in [0.05, 0.1) is 11.8 Å². The van der Waals surface area contributed by atoms with Crippen LogP contribution in [0.4, 0.5) is 0 Å². The number of nitrogens with zero attached hydrogens (tertiary/aromatic N) is 2. The van der Waals surface area contributed by atoms with E-state index in [1.54, 1.807) is 17.1 Å². The Hall–Kier alpha value is -2.62. The molecule has 4 heteroatoms. The van der Waals surface area contributed by atoms with Crippen LogP contribution in [0, 0.1) is 12.8 Å². The fourth-order valence-electron chi connectivity index (χ4n) is 3.56. The number of amides is 1. The van der Waals surface area contributed by atoms with Crippen LogP contribution in [0.1, 0.15) is 55.8 Å². The Morgan fingerprint density at radius 2 is 1.92 bits per heavy atom. The molecule has 26 heavy (non-hydrogen) atoms. The van der Waals surface area contributed by atoms with Crippen molar-refractivity contribution in [3.8, 4) is 5.75 Å². The van der Waals surface area contributed by atoms with Gasteiger partial charge in [-0.1, -0.05) is 55.8 Å². The number of hydrazone groups is 1. The quantitative estimate of drug-likeness (QED) is 0.841. The molecular weight excluding hydrogens is 324 g/mol. The molecule has 0 aromatic heterocycles. The molecule has 1 aliphatic rings. The molecule has 1 aliphatic heterocycles. The van der Waals surface area contributed by atoms with Crippen LogP contribution in [0.15, 0.2) is 53.6 Å². The summed E-state index contributed by atoms with van der Waals surface area (Å²) in [5, 5.41) is 16.5. The number of rotatable bonds is 5. The zero-order valence-electron chi connectivity index (χ0n) is 15.6. The fraction of sp³-hybridized carbons (Fsp3) is 0.364. The lowest BCUT2D eigenvalue weighted by Gasteiger charge is -2.25. The first-order valence-corrected chi connectivity index (χ1v) is 9.30. The van der Waals surface area contributed by atoms with E-state index < -0.39 is 0 Å². The topological polar surface area (TPSA) is 52.9 Å². The summed E-state index contributed by atoms with van der Waals surface area (Å²) >= 11 is 0. The van der Waals surface area contributed by atoms with Crippen LogP contribution in [0.25, 0.3) is 0 Å². The lowest BCUT2D eigenvalue weighted by molar-refractivity contribution is -0.137. The molecule has 2 aromatic carbocycles. The molecule has 0 saturated heterocycles. The van der Waals surface area contributed by atoms with Gasteiger partial charge in [-0.3, -0.25) is 4.79 Å². The second-order valence-electron chi connectivity index (χ2n) is 6.89. The van der Waals surface area contributed by atoms with Gasteiger partial charge in [-0.25, -0.2) is 5.01 Å². The van der Waals surface area contributed by atoms with Crippen molar-refractivity contribution in [2.24, 2.45) is 11.0 Å². The highest BCUT2D eigenvalue weighted by molar-refractivity contribution is 6.05. The zero-order chi connectivity index (χ0) is 18.7. The van der Waals surface area contributed by atoms with Crippen LogP contribution in [0.2, 0.25) is 0 Å². The Morgan fingerprint density at radius 3 is 2.58 bits per heavy atom. The van der Waals surface area contributed by atoms with Gasteiger partial charge in [0.15, 0.2) is 0 Å². The molecule has 136 valence electrons. The second-order valence-corrected chi connectivity index (χ2v) is 6.89.